The first-order valence-electron chi connectivity index (χ1n) is 7.36. The molecule has 1 aliphatic rings. The molecule has 3 rings (SSSR count). The summed E-state index contributed by atoms with van der Waals surface area (Å²) in [6.45, 7) is 6.29. The molecule has 0 spiro atoms. The Bertz CT molecular complexity index is 704. The first kappa shape index (κ1) is 14.7. The molecular weight excluding hydrogens is 286 g/mol. The number of rotatable bonds is 2. The van der Waals surface area contributed by atoms with E-state index in [0.717, 1.165) is 48.7 Å². The third kappa shape index (κ3) is 3.17. The van der Waals surface area contributed by atoms with E-state index in [1.807, 2.05) is 19.2 Å². The largest absolute Gasteiger partial charge is 0.390 e. The lowest BCUT2D eigenvalue weighted by molar-refractivity contribution is 0.0444. The van der Waals surface area contributed by atoms with Crippen molar-refractivity contribution in [2.75, 3.05) is 13.1 Å². The van der Waals surface area contributed by atoms with Crippen molar-refractivity contribution in [3.05, 3.63) is 33.2 Å². The normalized spacial score (nSPS) is 24.3. The number of nitrogens with zero attached hydrogens (tertiary/aromatic N) is 3. The molecule has 0 amide bonds. The van der Waals surface area contributed by atoms with E-state index in [1.165, 1.54) is 11.3 Å². The van der Waals surface area contributed by atoms with Crippen LogP contribution in [0.15, 0.2) is 16.2 Å². The fourth-order valence-electron chi connectivity index (χ4n) is 2.89. The lowest BCUT2D eigenvalue weighted by Crippen LogP contribution is -2.29. The minimum atomic E-state index is -0.559. The van der Waals surface area contributed by atoms with Crippen molar-refractivity contribution in [3.63, 3.8) is 0 Å². The predicted molar refractivity (Wildman–Crippen MR) is 83.8 cm³/mol. The van der Waals surface area contributed by atoms with Crippen LogP contribution < -0.4 is 5.56 Å². The van der Waals surface area contributed by atoms with Crippen molar-refractivity contribution < 1.29 is 5.11 Å². The van der Waals surface area contributed by atoms with Gasteiger partial charge in [-0.15, -0.1) is 11.3 Å². The first-order valence-corrected chi connectivity index (χ1v) is 8.24. The van der Waals surface area contributed by atoms with Gasteiger partial charge in [0.1, 0.15) is 0 Å². The molecule has 0 aliphatic carbocycles. The quantitative estimate of drug-likeness (QED) is 0.919. The summed E-state index contributed by atoms with van der Waals surface area (Å²) in [5.41, 5.74) is 1.19. The van der Waals surface area contributed by atoms with Gasteiger partial charge in [0, 0.05) is 30.2 Å². The molecule has 2 aromatic rings. The predicted octanol–water partition coefficient (Wildman–Crippen LogP) is 1.80. The van der Waals surface area contributed by atoms with E-state index in [0.29, 0.717) is 6.54 Å². The molecule has 21 heavy (non-hydrogen) atoms. The number of fused-ring (bicyclic) bond motifs is 1. The zero-order valence-corrected chi connectivity index (χ0v) is 13.3. The monoisotopic (exact) mass is 307 g/mol. The summed E-state index contributed by atoms with van der Waals surface area (Å²) >= 11 is 1.50. The number of hydrogen-bond donors (Lipinski definition) is 1. The van der Waals surface area contributed by atoms with Crippen molar-refractivity contribution >= 4 is 16.3 Å². The van der Waals surface area contributed by atoms with Gasteiger partial charge in [0.25, 0.3) is 5.56 Å². The summed E-state index contributed by atoms with van der Waals surface area (Å²) in [6, 6.07) is 1.63. The van der Waals surface area contributed by atoms with Crippen molar-refractivity contribution in [3.8, 4) is 0 Å². The Balaban J connectivity index is 1.80. The maximum absolute atomic E-state index is 12.2. The molecule has 114 valence electrons. The first-order chi connectivity index (χ1) is 9.94. The molecule has 3 heterocycles. The lowest BCUT2D eigenvalue weighted by atomic mass is 9.98. The van der Waals surface area contributed by atoms with Gasteiger partial charge in [-0.3, -0.25) is 14.1 Å². The maximum atomic E-state index is 12.2. The Morgan fingerprint density at radius 1 is 1.43 bits per heavy atom. The van der Waals surface area contributed by atoms with E-state index in [-0.39, 0.29) is 5.56 Å². The Labute approximate surface area is 127 Å². The van der Waals surface area contributed by atoms with Crippen LogP contribution in [-0.2, 0) is 6.54 Å². The molecule has 1 N–H and O–H groups in total. The van der Waals surface area contributed by atoms with Crippen LogP contribution in [0.4, 0.5) is 0 Å². The van der Waals surface area contributed by atoms with Gasteiger partial charge < -0.3 is 5.11 Å². The summed E-state index contributed by atoms with van der Waals surface area (Å²) in [5, 5.41) is 12.1. The van der Waals surface area contributed by atoms with E-state index < -0.39 is 5.60 Å². The van der Waals surface area contributed by atoms with Crippen LogP contribution in [0.2, 0.25) is 0 Å². The topological polar surface area (TPSA) is 57.8 Å². The molecule has 1 atom stereocenters. The third-order valence-corrected chi connectivity index (χ3v) is 5.11. The van der Waals surface area contributed by atoms with Crippen molar-refractivity contribution in [2.45, 2.75) is 45.3 Å². The van der Waals surface area contributed by atoms with E-state index in [2.05, 4.69) is 9.88 Å². The van der Waals surface area contributed by atoms with Gasteiger partial charge in [-0.2, -0.15) is 0 Å². The van der Waals surface area contributed by atoms with Crippen LogP contribution in [0.25, 0.3) is 4.96 Å². The van der Waals surface area contributed by atoms with Gasteiger partial charge in [0.05, 0.1) is 11.3 Å². The summed E-state index contributed by atoms with van der Waals surface area (Å²) in [6.07, 6.45) is 2.58. The van der Waals surface area contributed by atoms with Crippen LogP contribution in [0.5, 0.6) is 0 Å². The standard InChI is InChI=1S/C15H21N3O2S/c1-11-10-21-14-16-12(8-13(19)18(11)14)9-17-6-3-4-15(2,20)5-7-17/h8,10,20H,3-7,9H2,1-2H3. The molecular formula is C15H21N3O2S. The average molecular weight is 307 g/mol. The van der Waals surface area contributed by atoms with Gasteiger partial charge in [0.15, 0.2) is 4.96 Å². The van der Waals surface area contributed by atoms with Gasteiger partial charge >= 0.3 is 0 Å². The molecule has 1 unspecified atom stereocenters. The average Bonchev–Trinajstić information content (AvgIpc) is 2.68. The summed E-state index contributed by atoms with van der Waals surface area (Å²) < 4.78 is 1.65. The van der Waals surface area contributed by atoms with Crippen LogP contribution >= 0.6 is 11.3 Å². The van der Waals surface area contributed by atoms with Crippen LogP contribution in [0, 0.1) is 6.92 Å². The number of aliphatic hydroxyl groups is 1. The lowest BCUT2D eigenvalue weighted by Gasteiger charge is -2.22. The van der Waals surface area contributed by atoms with Crippen LogP contribution in [0.3, 0.4) is 0 Å². The minimum absolute atomic E-state index is 0.00410. The number of hydrogen-bond acceptors (Lipinski definition) is 5. The second kappa shape index (κ2) is 5.51. The SMILES string of the molecule is Cc1csc2nc(CN3CCCC(C)(O)CC3)cc(=O)n12. The second-order valence-electron chi connectivity index (χ2n) is 6.21. The molecule has 0 aromatic carbocycles. The van der Waals surface area contributed by atoms with Gasteiger partial charge in [0.2, 0.25) is 0 Å². The zero-order valence-electron chi connectivity index (χ0n) is 12.5. The highest BCUT2D eigenvalue weighted by Crippen LogP contribution is 2.22. The van der Waals surface area contributed by atoms with Crippen LogP contribution in [0.1, 0.15) is 37.6 Å². The molecule has 1 saturated heterocycles. The van der Waals surface area contributed by atoms with Gasteiger partial charge in [-0.1, -0.05) is 0 Å². The van der Waals surface area contributed by atoms with Crippen molar-refractivity contribution in [1.29, 1.82) is 0 Å². The highest BCUT2D eigenvalue weighted by Gasteiger charge is 2.25. The number of aromatic nitrogens is 2. The summed E-state index contributed by atoms with van der Waals surface area (Å²) in [5.74, 6) is 0. The maximum Gasteiger partial charge on any atom is 0.259 e. The van der Waals surface area contributed by atoms with Gasteiger partial charge in [-0.05, 0) is 39.7 Å². The Morgan fingerprint density at radius 3 is 3.05 bits per heavy atom. The molecule has 6 heteroatoms. The fraction of sp³-hybridized carbons (Fsp3) is 0.600. The Hall–Kier alpha value is -1.24. The van der Waals surface area contributed by atoms with Crippen molar-refractivity contribution in [2.24, 2.45) is 0 Å². The summed E-state index contributed by atoms with van der Waals surface area (Å²) in [4.78, 5) is 19.8. The second-order valence-corrected chi connectivity index (χ2v) is 7.04. The third-order valence-electron chi connectivity index (χ3n) is 4.17. The van der Waals surface area contributed by atoms with Crippen LogP contribution in [-0.4, -0.2) is 38.1 Å². The van der Waals surface area contributed by atoms with E-state index in [1.54, 1.807) is 10.5 Å². The molecule has 0 radical (unpaired) electrons. The molecule has 1 fully saturated rings. The Morgan fingerprint density at radius 2 is 2.24 bits per heavy atom. The molecule has 1 aliphatic heterocycles. The Kier molecular flexibility index (Phi) is 3.86. The van der Waals surface area contributed by atoms with E-state index in [4.69, 9.17) is 0 Å². The number of likely N-dealkylation sites (tertiary alicyclic amines) is 1. The molecule has 5 nitrogen and oxygen atoms in total. The molecule has 2 aromatic heterocycles. The van der Waals surface area contributed by atoms with Crippen molar-refractivity contribution in [1.82, 2.24) is 14.3 Å². The highest BCUT2D eigenvalue weighted by atomic mass is 32.1. The fourth-order valence-corrected chi connectivity index (χ4v) is 3.78. The molecule has 0 saturated carbocycles. The number of aryl methyl sites for hydroxylation is 1. The molecule has 0 bridgehead atoms. The van der Waals surface area contributed by atoms with Gasteiger partial charge in [-0.25, -0.2) is 4.98 Å². The highest BCUT2D eigenvalue weighted by molar-refractivity contribution is 7.15. The van der Waals surface area contributed by atoms with E-state index >= 15 is 0 Å². The zero-order chi connectivity index (χ0) is 15.0. The minimum Gasteiger partial charge on any atom is -0.390 e. The smallest absolute Gasteiger partial charge is 0.259 e. The number of thiazole rings is 1. The van der Waals surface area contributed by atoms with E-state index in [9.17, 15) is 9.90 Å². The summed E-state index contributed by atoms with van der Waals surface area (Å²) in [7, 11) is 0.